The number of carboxylic acid groups (broad SMARTS) is 1. The van der Waals surface area contributed by atoms with Gasteiger partial charge in [-0.15, -0.1) is 0 Å². The van der Waals surface area contributed by atoms with Crippen molar-refractivity contribution in [1.29, 1.82) is 0 Å². The second-order valence-corrected chi connectivity index (χ2v) is 11.6. The van der Waals surface area contributed by atoms with Crippen molar-refractivity contribution in [2.45, 2.75) is 63.7 Å². The molecule has 0 spiro atoms. The molecule has 1 aliphatic heterocycles. The molecule has 5 atom stereocenters. The average molecular weight is 532 g/mol. The molecule has 0 aromatic heterocycles. The summed E-state index contributed by atoms with van der Waals surface area (Å²) in [6, 6.07) is 14.1. The van der Waals surface area contributed by atoms with Gasteiger partial charge < -0.3 is 14.7 Å². The largest absolute Gasteiger partial charge is 0.481 e. The Labute approximate surface area is 221 Å². The Morgan fingerprint density at radius 1 is 1.03 bits per heavy atom. The molecule has 2 aromatic carbocycles. The van der Waals surface area contributed by atoms with E-state index in [1.807, 2.05) is 51.1 Å². The minimum atomic E-state index is -1.05. The Kier molecular flexibility index (Phi) is 7.79. The molecule has 1 saturated carbocycles. The number of nitrogens with zero attached hydrogens (tertiary/aromatic N) is 1. The molecule has 192 valence electrons. The number of hydrogen-bond acceptors (Lipinski definition) is 4. The van der Waals surface area contributed by atoms with E-state index in [-0.39, 0.29) is 48.2 Å². The highest BCUT2D eigenvalue weighted by Crippen LogP contribution is 2.47. The van der Waals surface area contributed by atoms with Crippen LogP contribution in [0.1, 0.15) is 63.1 Å². The summed E-state index contributed by atoms with van der Waals surface area (Å²) in [4.78, 5) is 40.2. The number of hydrogen-bond donors (Lipinski definition) is 1. The van der Waals surface area contributed by atoms with Crippen LogP contribution in [0.2, 0.25) is 10.0 Å². The number of ether oxygens (including phenoxy) is 1. The molecule has 0 radical (unpaired) electrons. The molecule has 6 nitrogen and oxygen atoms in total. The Bertz CT molecular complexity index is 1140. The van der Waals surface area contributed by atoms with Gasteiger partial charge in [0.1, 0.15) is 0 Å². The third-order valence-corrected chi connectivity index (χ3v) is 7.26. The highest BCUT2D eigenvalue weighted by atomic mass is 35.5. The molecule has 1 heterocycles. The van der Waals surface area contributed by atoms with Crippen LogP contribution < -0.4 is 0 Å². The third kappa shape index (κ3) is 6.28. The molecule has 1 N–H and O–H groups in total. The lowest BCUT2D eigenvalue weighted by Crippen LogP contribution is -2.49. The average Bonchev–Trinajstić information content (AvgIpc) is 3.54. The molecule has 2 aliphatic rings. The number of ketones is 1. The van der Waals surface area contributed by atoms with Crippen molar-refractivity contribution in [2.24, 2.45) is 11.8 Å². The van der Waals surface area contributed by atoms with E-state index in [1.54, 1.807) is 23.1 Å². The highest BCUT2D eigenvalue weighted by molar-refractivity contribution is 6.30. The fourth-order valence-corrected chi connectivity index (χ4v) is 5.52. The summed E-state index contributed by atoms with van der Waals surface area (Å²) in [7, 11) is 0. The number of aliphatic carboxylic acids is 1. The summed E-state index contributed by atoms with van der Waals surface area (Å²) in [6.07, 6.45) is 0.500. The Hall–Kier alpha value is -2.41. The first kappa shape index (κ1) is 26.6. The first-order valence-corrected chi connectivity index (χ1v) is 12.9. The Morgan fingerprint density at radius 2 is 1.72 bits per heavy atom. The van der Waals surface area contributed by atoms with Gasteiger partial charge in [-0.1, -0.05) is 47.5 Å². The molecular formula is C28H31Cl2NO5. The van der Waals surface area contributed by atoms with Crippen molar-refractivity contribution in [3.05, 3.63) is 69.7 Å². The molecule has 0 bridgehead atoms. The Balaban J connectivity index is 1.71. The number of piperidine rings is 1. The molecule has 1 saturated heterocycles. The van der Waals surface area contributed by atoms with Gasteiger partial charge in [-0.3, -0.25) is 14.4 Å². The van der Waals surface area contributed by atoms with Gasteiger partial charge in [-0.2, -0.15) is 0 Å². The lowest BCUT2D eigenvalue weighted by molar-refractivity contribution is -0.151. The van der Waals surface area contributed by atoms with Crippen molar-refractivity contribution < 1.29 is 24.2 Å². The molecule has 1 aliphatic carbocycles. The molecule has 36 heavy (non-hydrogen) atoms. The second-order valence-electron chi connectivity index (χ2n) is 10.7. The highest BCUT2D eigenvalue weighted by Gasteiger charge is 2.49. The normalized spacial score (nSPS) is 26.1. The molecule has 1 amide bonds. The summed E-state index contributed by atoms with van der Waals surface area (Å²) in [5.41, 5.74) is 1.36. The summed E-state index contributed by atoms with van der Waals surface area (Å²) in [5.74, 6) is -2.71. The van der Waals surface area contributed by atoms with Crippen LogP contribution in [0.5, 0.6) is 0 Å². The van der Waals surface area contributed by atoms with Gasteiger partial charge >= 0.3 is 5.97 Å². The number of carbonyl (C=O) groups excluding carboxylic acids is 2. The first-order chi connectivity index (χ1) is 16.9. The predicted molar refractivity (Wildman–Crippen MR) is 138 cm³/mol. The van der Waals surface area contributed by atoms with Crippen molar-refractivity contribution >= 4 is 40.9 Å². The Morgan fingerprint density at radius 3 is 2.33 bits per heavy atom. The van der Waals surface area contributed by atoms with Crippen molar-refractivity contribution in [1.82, 2.24) is 4.90 Å². The minimum Gasteiger partial charge on any atom is -0.481 e. The van der Waals surface area contributed by atoms with E-state index in [2.05, 4.69) is 0 Å². The smallest absolute Gasteiger partial charge is 0.304 e. The topological polar surface area (TPSA) is 83.9 Å². The maximum atomic E-state index is 13.7. The molecule has 8 heteroatoms. The minimum absolute atomic E-state index is 0.0719. The van der Waals surface area contributed by atoms with Crippen molar-refractivity contribution in [2.75, 3.05) is 6.54 Å². The molecule has 4 rings (SSSR count). The number of halogens is 2. The van der Waals surface area contributed by atoms with Gasteiger partial charge in [0.15, 0.2) is 5.78 Å². The fourth-order valence-electron chi connectivity index (χ4n) is 5.19. The van der Waals surface area contributed by atoms with Gasteiger partial charge in [-0.25, -0.2) is 0 Å². The van der Waals surface area contributed by atoms with Crippen LogP contribution in [-0.4, -0.2) is 45.9 Å². The van der Waals surface area contributed by atoms with Gasteiger partial charge in [-0.05, 0) is 69.0 Å². The third-order valence-electron chi connectivity index (χ3n) is 6.77. The number of carbonyl (C=O) groups is 3. The van der Waals surface area contributed by atoms with Crippen LogP contribution in [0.15, 0.2) is 48.5 Å². The SMILES string of the molecule is CC(C)(C)OC1CC1C(=O)CN1C(=O)C(CC(=O)O)CC(c2cccc(Cl)c2)C1c1ccc(Cl)cc1. The monoisotopic (exact) mass is 531 g/mol. The number of likely N-dealkylation sites (tertiary alicyclic amines) is 1. The van der Waals surface area contributed by atoms with E-state index < -0.39 is 17.9 Å². The summed E-state index contributed by atoms with van der Waals surface area (Å²) in [5, 5.41) is 10.6. The van der Waals surface area contributed by atoms with Gasteiger partial charge in [0, 0.05) is 27.8 Å². The van der Waals surface area contributed by atoms with Crippen LogP contribution in [0.4, 0.5) is 0 Å². The van der Waals surface area contributed by atoms with Crippen LogP contribution >= 0.6 is 23.2 Å². The maximum Gasteiger partial charge on any atom is 0.304 e. The second kappa shape index (κ2) is 10.5. The fraction of sp³-hybridized carbons (Fsp3) is 0.464. The number of amides is 1. The van der Waals surface area contributed by atoms with E-state index in [0.717, 1.165) is 11.1 Å². The zero-order valence-electron chi connectivity index (χ0n) is 20.6. The van der Waals surface area contributed by atoms with Gasteiger partial charge in [0.05, 0.1) is 30.7 Å². The quantitative estimate of drug-likeness (QED) is 0.457. The maximum absolute atomic E-state index is 13.7. The summed E-state index contributed by atoms with van der Waals surface area (Å²) < 4.78 is 5.97. The van der Waals surface area contributed by atoms with Crippen LogP contribution in [0.25, 0.3) is 0 Å². The van der Waals surface area contributed by atoms with E-state index in [4.69, 9.17) is 27.9 Å². The van der Waals surface area contributed by atoms with E-state index in [0.29, 0.717) is 22.9 Å². The number of Topliss-reactive ketones (excluding diaryl/α,β-unsaturated/α-hetero) is 1. The zero-order chi connectivity index (χ0) is 26.2. The van der Waals surface area contributed by atoms with E-state index in [9.17, 15) is 19.5 Å². The standard InChI is InChI=1S/C28H31Cl2NO5/c1-28(2,3)36-24-14-22(24)23(32)15-31-26(16-7-9-19(29)10-8-16)21(17-5-4-6-20(30)11-17)12-18(27(31)35)13-25(33)34/h4-11,18,21-22,24,26H,12-15H2,1-3H3,(H,33,34). The van der Waals surface area contributed by atoms with Crippen LogP contribution in [0.3, 0.4) is 0 Å². The molecule has 5 unspecified atom stereocenters. The lowest BCUT2D eigenvalue weighted by atomic mass is 9.75. The zero-order valence-corrected chi connectivity index (χ0v) is 22.1. The van der Waals surface area contributed by atoms with E-state index in [1.165, 1.54) is 0 Å². The van der Waals surface area contributed by atoms with Crippen LogP contribution in [0, 0.1) is 11.8 Å². The lowest BCUT2D eigenvalue weighted by Gasteiger charge is -2.44. The van der Waals surface area contributed by atoms with Crippen LogP contribution in [-0.2, 0) is 19.1 Å². The molecule has 2 aromatic rings. The summed E-state index contributed by atoms with van der Waals surface area (Å²) >= 11 is 12.4. The summed E-state index contributed by atoms with van der Waals surface area (Å²) in [6.45, 7) is 5.74. The van der Waals surface area contributed by atoms with E-state index >= 15 is 0 Å². The number of rotatable bonds is 8. The predicted octanol–water partition coefficient (Wildman–Crippen LogP) is 5.91. The number of carboxylic acids is 1. The molecule has 2 fully saturated rings. The van der Waals surface area contributed by atoms with Gasteiger partial charge in [0.2, 0.25) is 5.91 Å². The number of benzene rings is 2. The first-order valence-electron chi connectivity index (χ1n) is 12.2. The van der Waals surface area contributed by atoms with Gasteiger partial charge in [0.25, 0.3) is 0 Å². The van der Waals surface area contributed by atoms with Crippen molar-refractivity contribution in [3.63, 3.8) is 0 Å². The molecular weight excluding hydrogens is 501 g/mol. The van der Waals surface area contributed by atoms with Crippen molar-refractivity contribution in [3.8, 4) is 0 Å².